The molecule has 0 amide bonds. The largest absolute Gasteiger partial charge is 0.478 e. The molecule has 27 heavy (non-hydrogen) atoms. The highest BCUT2D eigenvalue weighted by Crippen LogP contribution is 2.32. The molecular formula is C21H25FN2O3. The average Bonchev–Trinajstić information content (AvgIpc) is 2.64. The van der Waals surface area contributed by atoms with Crippen LogP contribution in [-0.4, -0.2) is 53.2 Å². The lowest BCUT2D eigenvalue weighted by atomic mass is 9.94. The van der Waals surface area contributed by atoms with Crippen LogP contribution in [0.3, 0.4) is 0 Å². The van der Waals surface area contributed by atoms with E-state index in [1.807, 2.05) is 43.0 Å². The Kier molecular flexibility index (Phi) is 5.96. The maximum absolute atomic E-state index is 13.7. The normalized spacial score (nSPS) is 21.0. The minimum Gasteiger partial charge on any atom is -0.478 e. The van der Waals surface area contributed by atoms with Crippen molar-refractivity contribution in [3.63, 3.8) is 0 Å². The van der Waals surface area contributed by atoms with E-state index in [1.165, 1.54) is 12.1 Å². The number of allylic oxidation sites excluding steroid dienone is 3. The number of carboxylic acid groups (broad SMARTS) is 1. The Labute approximate surface area is 159 Å². The van der Waals surface area contributed by atoms with Crippen LogP contribution in [0.2, 0.25) is 0 Å². The molecule has 1 saturated heterocycles. The van der Waals surface area contributed by atoms with Gasteiger partial charge in [-0.2, -0.15) is 0 Å². The number of aliphatic carboxylic acids is 1. The number of carboxylic acids is 1. The van der Waals surface area contributed by atoms with E-state index in [1.54, 1.807) is 6.07 Å². The summed E-state index contributed by atoms with van der Waals surface area (Å²) in [5.74, 6) is -0.278. The zero-order valence-electron chi connectivity index (χ0n) is 15.7. The smallest absolute Gasteiger partial charge is 0.334 e. The minimum absolute atomic E-state index is 0.297. The monoisotopic (exact) mass is 372 g/mol. The summed E-state index contributed by atoms with van der Waals surface area (Å²) in [6.07, 6.45) is 5.68. The third-order valence-electron chi connectivity index (χ3n) is 4.88. The van der Waals surface area contributed by atoms with E-state index >= 15 is 0 Å². The average molecular weight is 372 g/mol. The number of carbonyl (C=O) groups is 1. The fraction of sp³-hybridized carbons (Fsp3) is 0.381. The van der Waals surface area contributed by atoms with Crippen molar-refractivity contribution in [2.75, 3.05) is 26.3 Å². The van der Waals surface area contributed by atoms with Crippen LogP contribution in [0.15, 0.2) is 59.5 Å². The summed E-state index contributed by atoms with van der Waals surface area (Å²) in [7, 11) is 0. The first-order valence-corrected chi connectivity index (χ1v) is 9.13. The Morgan fingerprint density at radius 3 is 2.74 bits per heavy atom. The Morgan fingerprint density at radius 1 is 1.37 bits per heavy atom. The second-order valence-corrected chi connectivity index (χ2v) is 6.73. The van der Waals surface area contributed by atoms with Crippen molar-refractivity contribution < 1.29 is 19.0 Å². The van der Waals surface area contributed by atoms with Crippen molar-refractivity contribution in [1.82, 2.24) is 9.80 Å². The summed E-state index contributed by atoms with van der Waals surface area (Å²) in [5, 5.41) is 9.79. The Morgan fingerprint density at radius 2 is 2.11 bits per heavy atom. The van der Waals surface area contributed by atoms with Gasteiger partial charge in [-0.05, 0) is 43.2 Å². The lowest BCUT2D eigenvalue weighted by Crippen LogP contribution is -2.48. The van der Waals surface area contributed by atoms with Gasteiger partial charge in [0.2, 0.25) is 0 Å². The number of rotatable bonds is 5. The molecule has 0 radical (unpaired) electrons. The number of ether oxygens (including phenoxy) is 1. The van der Waals surface area contributed by atoms with Crippen molar-refractivity contribution >= 4 is 5.97 Å². The van der Waals surface area contributed by atoms with Crippen LogP contribution in [-0.2, 0) is 16.1 Å². The summed E-state index contributed by atoms with van der Waals surface area (Å²) >= 11 is 0. The van der Waals surface area contributed by atoms with E-state index in [0.29, 0.717) is 25.3 Å². The fourth-order valence-electron chi connectivity index (χ4n) is 3.64. The van der Waals surface area contributed by atoms with E-state index in [2.05, 4.69) is 4.90 Å². The Bertz CT molecular complexity index is 794. The molecule has 6 heteroatoms. The van der Waals surface area contributed by atoms with Crippen molar-refractivity contribution in [2.24, 2.45) is 0 Å². The molecule has 2 heterocycles. The highest BCUT2D eigenvalue weighted by atomic mass is 19.1. The summed E-state index contributed by atoms with van der Waals surface area (Å²) in [6, 6.07) is 6.03. The number of benzene rings is 1. The van der Waals surface area contributed by atoms with Gasteiger partial charge in [0.15, 0.2) is 0 Å². The zero-order valence-corrected chi connectivity index (χ0v) is 15.7. The van der Waals surface area contributed by atoms with Crippen LogP contribution in [0, 0.1) is 5.82 Å². The van der Waals surface area contributed by atoms with Crippen LogP contribution in [0.1, 0.15) is 19.4 Å². The summed E-state index contributed by atoms with van der Waals surface area (Å²) in [5.41, 5.74) is 1.89. The highest BCUT2D eigenvalue weighted by molar-refractivity contribution is 5.90. The number of morpholine rings is 1. The molecule has 2 aliphatic rings. The van der Waals surface area contributed by atoms with Crippen molar-refractivity contribution in [1.29, 1.82) is 0 Å². The molecule has 144 valence electrons. The fourth-order valence-corrected chi connectivity index (χ4v) is 3.64. The van der Waals surface area contributed by atoms with Crippen molar-refractivity contribution in [2.45, 2.75) is 26.4 Å². The molecule has 0 spiro atoms. The predicted octanol–water partition coefficient (Wildman–Crippen LogP) is 3.16. The second-order valence-electron chi connectivity index (χ2n) is 6.73. The van der Waals surface area contributed by atoms with Gasteiger partial charge in [-0.1, -0.05) is 24.3 Å². The molecule has 3 rings (SSSR count). The first-order valence-electron chi connectivity index (χ1n) is 9.13. The first-order chi connectivity index (χ1) is 13.0. The van der Waals surface area contributed by atoms with Gasteiger partial charge in [-0.15, -0.1) is 0 Å². The molecule has 0 saturated carbocycles. The Hall–Kier alpha value is -2.60. The van der Waals surface area contributed by atoms with E-state index in [0.717, 1.165) is 30.0 Å². The maximum Gasteiger partial charge on any atom is 0.334 e. The molecule has 1 atom stereocenters. The van der Waals surface area contributed by atoms with E-state index in [9.17, 15) is 14.3 Å². The number of hydrogen-bond acceptors (Lipinski definition) is 4. The van der Waals surface area contributed by atoms with Gasteiger partial charge in [-0.3, -0.25) is 0 Å². The summed E-state index contributed by atoms with van der Waals surface area (Å²) in [4.78, 5) is 16.2. The molecule has 1 unspecified atom stereocenters. The van der Waals surface area contributed by atoms with E-state index in [-0.39, 0.29) is 5.82 Å². The van der Waals surface area contributed by atoms with Crippen molar-refractivity contribution in [3.05, 3.63) is 70.8 Å². The maximum atomic E-state index is 13.7. The van der Waals surface area contributed by atoms with Gasteiger partial charge < -0.3 is 19.6 Å². The summed E-state index contributed by atoms with van der Waals surface area (Å²) < 4.78 is 19.2. The molecule has 1 N–H and O–H groups in total. The molecule has 0 aliphatic carbocycles. The third kappa shape index (κ3) is 4.22. The number of halogens is 1. The zero-order chi connectivity index (χ0) is 19.4. The molecule has 0 bridgehead atoms. The van der Waals surface area contributed by atoms with Crippen LogP contribution in [0.4, 0.5) is 4.39 Å². The van der Waals surface area contributed by atoms with Gasteiger partial charge in [0.05, 0.1) is 24.8 Å². The summed E-state index contributed by atoms with van der Waals surface area (Å²) in [6.45, 7) is 6.87. The van der Waals surface area contributed by atoms with Gasteiger partial charge in [0, 0.05) is 19.6 Å². The second kappa shape index (κ2) is 8.39. The molecule has 0 aromatic heterocycles. The number of nitrogens with zero attached hydrogens (tertiary/aromatic N) is 2. The SMILES string of the molecule is C/C=C/C1C(C(=O)O)=C(C)C=C(N2CCOCC2)N1Cc1cccc(F)c1. The molecule has 5 nitrogen and oxygen atoms in total. The minimum atomic E-state index is -0.933. The predicted molar refractivity (Wildman–Crippen MR) is 101 cm³/mol. The standard InChI is InChI=1S/C21H25FN2O3/c1-3-5-18-20(21(25)26)15(2)12-19(23-8-10-27-11-9-23)24(18)14-16-6-4-7-17(22)13-16/h3-7,12-13,18H,8-11,14H2,1-2H3,(H,25,26)/b5-3+. The van der Waals surface area contributed by atoms with Crippen molar-refractivity contribution in [3.8, 4) is 0 Å². The molecule has 1 aromatic rings. The molecular weight excluding hydrogens is 347 g/mol. The van der Waals surface area contributed by atoms with Crippen LogP contribution in [0.5, 0.6) is 0 Å². The third-order valence-corrected chi connectivity index (χ3v) is 4.88. The quantitative estimate of drug-likeness (QED) is 0.805. The molecule has 2 aliphatic heterocycles. The lowest BCUT2D eigenvalue weighted by Gasteiger charge is -2.44. The van der Waals surface area contributed by atoms with Gasteiger partial charge >= 0.3 is 5.97 Å². The Balaban J connectivity index is 2.04. The van der Waals surface area contributed by atoms with Gasteiger partial charge in [0.1, 0.15) is 11.6 Å². The van der Waals surface area contributed by atoms with Gasteiger partial charge in [-0.25, -0.2) is 9.18 Å². The first kappa shape index (κ1) is 19.2. The van der Waals surface area contributed by atoms with Gasteiger partial charge in [0.25, 0.3) is 0 Å². The van der Waals surface area contributed by atoms with E-state index in [4.69, 9.17) is 4.74 Å². The lowest BCUT2D eigenvalue weighted by molar-refractivity contribution is -0.133. The van der Waals surface area contributed by atoms with E-state index < -0.39 is 12.0 Å². The van der Waals surface area contributed by atoms with Crippen LogP contribution >= 0.6 is 0 Å². The van der Waals surface area contributed by atoms with Crippen LogP contribution in [0.25, 0.3) is 0 Å². The topological polar surface area (TPSA) is 53.0 Å². The molecule has 1 aromatic carbocycles. The molecule has 1 fully saturated rings. The number of hydrogen-bond donors (Lipinski definition) is 1. The van der Waals surface area contributed by atoms with Crippen LogP contribution < -0.4 is 0 Å². The highest BCUT2D eigenvalue weighted by Gasteiger charge is 2.34.